The van der Waals surface area contributed by atoms with Crippen molar-refractivity contribution in [3.8, 4) is 45.0 Å². The molecule has 64 heavy (non-hydrogen) atoms. The maximum atomic E-state index is 5.38. The van der Waals surface area contributed by atoms with Crippen molar-refractivity contribution in [3.05, 3.63) is 225 Å². The zero-order valence-corrected chi connectivity index (χ0v) is 34.7. The van der Waals surface area contributed by atoms with E-state index in [0.717, 1.165) is 50.0 Å². The van der Waals surface area contributed by atoms with Gasteiger partial charge in [0.15, 0.2) is 5.82 Å². The lowest BCUT2D eigenvalue weighted by Crippen LogP contribution is -1.96. The maximum absolute atomic E-state index is 5.38. The Balaban J connectivity index is 1.18. The lowest BCUT2D eigenvalue weighted by atomic mass is 9.87. The Morgan fingerprint density at radius 2 is 0.766 bits per heavy atom. The Bertz CT molecular complexity index is 4030. The van der Waals surface area contributed by atoms with Crippen LogP contribution < -0.4 is 0 Å². The molecule has 0 saturated heterocycles. The van der Waals surface area contributed by atoms with Crippen LogP contribution in [0.2, 0.25) is 0 Å². The van der Waals surface area contributed by atoms with Gasteiger partial charge in [-0.2, -0.15) is 0 Å². The molecular formula is C61H37N3. The zero-order valence-electron chi connectivity index (χ0n) is 34.7. The summed E-state index contributed by atoms with van der Waals surface area (Å²) in [6.07, 6.45) is 3.70. The van der Waals surface area contributed by atoms with Gasteiger partial charge in [0, 0.05) is 29.1 Å². The van der Waals surface area contributed by atoms with E-state index in [4.69, 9.17) is 9.97 Å². The molecule has 0 bridgehead atoms. The molecule has 0 fully saturated rings. The van der Waals surface area contributed by atoms with Crippen LogP contribution in [0.4, 0.5) is 0 Å². The lowest BCUT2D eigenvalue weighted by molar-refractivity contribution is 1.18. The van der Waals surface area contributed by atoms with E-state index in [2.05, 4.69) is 205 Å². The van der Waals surface area contributed by atoms with Crippen LogP contribution >= 0.6 is 0 Å². The molecule has 0 aliphatic carbocycles. The lowest BCUT2D eigenvalue weighted by Gasteiger charge is -2.16. The second-order valence-electron chi connectivity index (χ2n) is 16.7. The van der Waals surface area contributed by atoms with Crippen LogP contribution in [0.25, 0.3) is 131 Å². The standard InChI is InChI=1S/C61H37N3/c1-2-12-39(13-3-1)56-36-57(40-25-23-38(24-26-40)45-16-11-33-62-37-45)64-61(63-56)44-30-31-51-49-20-7-5-18-47(49)46-17-4-6-19-48(46)50-21-8-9-22-52(50)60-53-32-29-42-15-10-14-41-27-28-43(59(53)58(41)42)34-55(60)54(51)35-44/h1-37H. The summed E-state index contributed by atoms with van der Waals surface area (Å²) in [5.74, 6) is 0.672. The average molecular weight is 812 g/mol. The third-order valence-electron chi connectivity index (χ3n) is 13.1. The number of hydrogen-bond acceptors (Lipinski definition) is 3. The van der Waals surface area contributed by atoms with E-state index in [1.807, 2.05) is 18.3 Å². The van der Waals surface area contributed by atoms with Crippen molar-refractivity contribution in [2.45, 2.75) is 0 Å². The van der Waals surface area contributed by atoms with Gasteiger partial charge in [-0.1, -0.05) is 188 Å². The fraction of sp³-hybridized carbons (Fsp3) is 0. The van der Waals surface area contributed by atoms with Gasteiger partial charge in [0.2, 0.25) is 0 Å². The minimum absolute atomic E-state index is 0.672. The summed E-state index contributed by atoms with van der Waals surface area (Å²) in [5, 5.41) is 19.5. The van der Waals surface area contributed by atoms with Crippen LogP contribution in [0.15, 0.2) is 225 Å². The SMILES string of the molecule is c1ccc(-c2cc(-c3ccc(-c4cccnc4)cc3)nc(-c3ccc4c5ccccc5c5ccccc5c5ccccc5c5c(cc6ccc7cccc8ccc5c6c78)c4c3)n2)cc1. The first-order chi connectivity index (χ1) is 31.7. The molecule has 0 unspecified atom stereocenters. The Morgan fingerprint density at radius 3 is 1.42 bits per heavy atom. The summed E-state index contributed by atoms with van der Waals surface area (Å²) < 4.78 is 0. The van der Waals surface area contributed by atoms with Crippen LogP contribution in [-0.4, -0.2) is 15.0 Å². The molecule has 13 rings (SSSR count). The highest BCUT2D eigenvalue weighted by Crippen LogP contribution is 2.44. The fourth-order valence-corrected chi connectivity index (χ4v) is 10.1. The number of nitrogens with zero attached hydrogens (tertiary/aromatic N) is 3. The molecule has 0 N–H and O–H groups in total. The topological polar surface area (TPSA) is 38.7 Å². The molecular weight excluding hydrogens is 775 g/mol. The third-order valence-corrected chi connectivity index (χ3v) is 13.1. The van der Waals surface area contributed by atoms with Crippen molar-refractivity contribution in [1.82, 2.24) is 15.0 Å². The predicted molar refractivity (Wildman–Crippen MR) is 270 cm³/mol. The van der Waals surface area contributed by atoms with Crippen LogP contribution in [0.5, 0.6) is 0 Å². The molecule has 11 aromatic carbocycles. The molecule has 296 valence electrons. The minimum Gasteiger partial charge on any atom is -0.264 e. The van der Waals surface area contributed by atoms with Gasteiger partial charge in [0.1, 0.15) is 0 Å². The average Bonchev–Trinajstić information content (AvgIpc) is 3.38. The molecule has 13 aromatic rings. The number of rotatable bonds is 4. The highest BCUT2D eigenvalue weighted by Gasteiger charge is 2.17. The molecule has 0 saturated carbocycles. The van der Waals surface area contributed by atoms with Gasteiger partial charge < -0.3 is 0 Å². The number of aromatic nitrogens is 3. The smallest absolute Gasteiger partial charge is 0.160 e. The summed E-state index contributed by atoms with van der Waals surface area (Å²) in [6.45, 7) is 0. The van der Waals surface area contributed by atoms with Crippen molar-refractivity contribution in [1.29, 1.82) is 0 Å². The second-order valence-corrected chi connectivity index (χ2v) is 16.7. The Hall–Kier alpha value is -8.53. The van der Waals surface area contributed by atoms with Crippen LogP contribution in [-0.2, 0) is 0 Å². The van der Waals surface area contributed by atoms with Crippen LogP contribution in [0, 0.1) is 0 Å². The summed E-state index contributed by atoms with van der Waals surface area (Å²) >= 11 is 0. The largest absolute Gasteiger partial charge is 0.264 e. The van der Waals surface area contributed by atoms with E-state index in [-0.39, 0.29) is 0 Å². The van der Waals surface area contributed by atoms with E-state index >= 15 is 0 Å². The van der Waals surface area contributed by atoms with Gasteiger partial charge in [0.25, 0.3) is 0 Å². The first-order valence-corrected chi connectivity index (χ1v) is 21.8. The van der Waals surface area contributed by atoms with Crippen LogP contribution in [0.3, 0.4) is 0 Å². The number of fused-ring (bicyclic) bond motifs is 11. The second kappa shape index (κ2) is 14.5. The minimum atomic E-state index is 0.672. The van der Waals surface area contributed by atoms with E-state index in [1.54, 1.807) is 6.20 Å². The van der Waals surface area contributed by atoms with E-state index in [1.165, 1.54) is 75.4 Å². The molecule has 0 spiro atoms. The quantitative estimate of drug-likeness (QED) is 0.166. The van der Waals surface area contributed by atoms with Crippen molar-refractivity contribution < 1.29 is 0 Å². The van der Waals surface area contributed by atoms with E-state index in [0.29, 0.717) is 5.82 Å². The van der Waals surface area contributed by atoms with Gasteiger partial charge in [-0.15, -0.1) is 0 Å². The molecule has 0 aliphatic heterocycles. The Morgan fingerprint density at radius 1 is 0.250 bits per heavy atom. The summed E-state index contributed by atoms with van der Waals surface area (Å²) in [7, 11) is 0. The first-order valence-electron chi connectivity index (χ1n) is 21.8. The Kier molecular flexibility index (Phi) is 8.22. The molecule has 2 aromatic heterocycles. The van der Waals surface area contributed by atoms with Gasteiger partial charge in [-0.05, 0) is 122 Å². The predicted octanol–water partition coefficient (Wildman–Crippen LogP) is 16.3. The summed E-state index contributed by atoms with van der Waals surface area (Å²) in [6, 6.07) is 77.1. The summed E-state index contributed by atoms with van der Waals surface area (Å²) in [4.78, 5) is 15.1. The third kappa shape index (κ3) is 5.79. The zero-order chi connectivity index (χ0) is 42.1. The molecule has 0 atom stereocenters. The molecule has 3 heteroatoms. The van der Waals surface area contributed by atoms with Gasteiger partial charge in [0.05, 0.1) is 11.4 Å². The van der Waals surface area contributed by atoms with Gasteiger partial charge in [-0.25, -0.2) is 9.97 Å². The van der Waals surface area contributed by atoms with Crippen LogP contribution in [0.1, 0.15) is 0 Å². The number of hydrogen-bond donors (Lipinski definition) is 0. The monoisotopic (exact) mass is 811 g/mol. The molecule has 0 radical (unpaired) electrons. The molecule has 0 aliphatic rings. The first kappa shape index (κ1) is 36.2. The molecule has 2 heterocycles. The Labute approximate surface area is 369 Å². The summed E-state index contributed by atoms with van der Waals surface area (Å²) in [5.41, 5.74) is 6.93. The highest BCUT2D eigenvalue weighted by molar-refractivity contribution is 6.36. The van der Waals surface area contributed by atoms with E-state index < -0.39 is 0 Å². The van der Waals surface area contributed by atoms with E-state index in [9.17, 15) is 0 Å². The number of pyridine rings is 1. The highest BCUT2D eigenvalue weighted by atomic mass is 14.9. The molecule has 0 amide bonds. The van der Waals surface area contributed by atoms with Crippen molar-refractivity contribution in [2.75, 3.05) is 0 Å². The van der Waals surface area contributed by atoms with Gasteiger partial charge in [-0.3, -0.25) is 4.98 Å². The number of benzene rings is 10. The van der Waals surface area contributed by atoms with Gasteiger partial charge >= 0.3 is 0 Å². The van der Waals surface area contributed by atoms with Crippen molar-refractivity contribution in [2.24, 2.45) is 0 Å². The normalized spacial score (nSPS) is 11.8. The maximum Gasteiger partial charge on any atom is 0.160 e. The fourth-order valence-electron chi connectivity index (χ4n) is 10.1. The van der Waals surface area contributed by atoms with Crippen molar-refractivity contribution >= 4 is 86.2 Å². The molecule has 3 nitrogen and oxygen atoms in total. The van der Waals surface area contributed by atoms with Crippen molar-refractivity contribution in [3.63, 3.8) is 0 Å².